The summed E-state index contributed by atoms with van der Waals surface area (Å²) in [7, 11) is 1.36. The number of esters is 1. The predicted molar refractivity (Wildman–Crippen MR) is 117 cm³/mol. The summed E-state index contributed by atoms with van der Waals surface area (Å²) >= 11 is 0. The van der Waals surface area contributed by atoms with Crippen molar-refractivity contribution in [2.24, 2.45) is 0 Å². The van der Waals surface area contributed by atoms with Crippen LogP contribution in [0.2, 0.25) is 0 Å². The van der Waals surface area contributed by atoms with Crippen LogP contribution in [0.1, 0.15) is 34.6 Å². The first-order valence-electron chi connectivity index (χ1n) is 9.77. The number of nitrogens with one attached hydrogen (secondary N) is 2. The molecule has 0 atom stereocenters. The maximum absolute atomic E-state index is 11.6. The number of aromatic carboxylic acids is 1. The van der Waals surface area contributed by atoms with Gasteiger partial charge in [-0.05, 0) is 38.1 Å². The second-order valence-corrected chi connectivity index (χ2v) is 6.49. The maximum atomic E-state index is 11.6. The van der Waals surface area contributed by atoms with Gasteiger partial charge >= 0.3 is 11.9 Å². The smallest absolute Gasteiger partial charge is 0.341 e. The molecule has 0 spiro atoms. The molecule has 2 aromatic carbocycles. The van der Waals surface area contributed by atoms with E-state index in [1.54, 1.807) is 24.4 Å². The Kier molecular flexibility index (Phi) is 6.81. The van der Waals surface area contributed by atoms with Crippen LogP contribution in [-0.2, 0) is 4.74 Å². The largest absolute Gasteiger partial charge is 0.493 e. The van der Waals surface area contributed by atoms with Gasteiger partial charge in [-0.25, -0.2) is 9.59 Å². The van der Waals surface area contributed by atoms with Gasteiger partial charge in [0.2, 0.25) is 0 Å². The van der Waals surface area contributed by atoms with Crippen molar-refractivity contribution in [1.82, 2.24) is 9.97 Å². The molecular formula is C23H24N2O6. The molecule has 0 saturated carbocycles. The number of carboxylic acids is 1. The molecule has 2 heterocycles. The van der Waals surface area contributed by atoms with Crippen LogP contribution in [0.4, 0.5) is 0 Å². The van der Waals surface area contributed by atoms with E-state index >= 15 is 0 Å². The van der Waals surface area contributed by atoms with Crippen LogP contribution in [0.15, 0.2) is 48.8 Å². The Hall–Kier alpha value is -3.94. The molecule has 0 aliphatic carbocycles. The molecule has 31 heavy (non-hydrogen) atoms. The summed E-state index contributed by atoms with van der Waals surface area (Å²) in [6.07, 6.45) is 3.59. The molecule has 3 N–H and O–H groups in total. The first kappa shape index (κ1) is 21.8. The van der Waals surface area contributed by atoms with Crippen LogP contribution < -0.4 is 9.47 Å². The highest BCUT2D eigenvalue weighted by atomic mass is 16.5. The van der Waals surface area contributed by atoms with Crippen LogP contribution in [-0.4, -0.2) is 47.3 Å². The number of hydrogen-bond donors (Lipinski definition) is 3. The molecular weight excluding hydrogens is 400 g/mol. The number of carboxylic acid groups (broad SMARTS) is 1. The minimum atomic E-state index is -0.971. The zero-order valence-corrected chi connectivity index (χ0v) is 17.5. The summed E-state index contributed by atoms with van der Waals surface area (Å²) < 4.78 is 15.4. The van der Waals surface area contributed by atoms with Crippen LogP contribution in [0.5, 0.6) is 11.5 Å². The van der Waals surface area contributed by atoms with E-state index in [-0.39, 0.29) is 11.5 Å². The molecule has 2 aromatic heterocycles. The molecule has 162 valence electrons. The van der Waals surface area contributed by atoms with Gasteiger partial charge in [-0.3, -0.25) is 0 Å². The normalized spacial score (nSPS) is 10.4. The van der Waals surface area contributed by atoms with E-state index in [9.17, 15) is 9.59 Å². The first-order chi connectivity index (χ1) is 15.0. The zero-order valence-electron chi connectivity index (χ0n) is 17.5. The van der Waals surface area contributed by atoms with Gasteiger partial charge in [0, 0.05) is 46.3 Å². The number of benzene rings is 2. The number of ether oxygens (including phenoxy) is 3. The highest BCUT2D eigenvalue weighted by Gasteiger charge is 2.15. The number of hydrogen-bond acceptors (Lipinski definition) is 5. The number of carbonyl (C=O) groups excluding carboxylic acids is 1. The van der Waals surface area contributed by atoms with E-state index in [0.29, 0.717) is 30.3 Å². The van der Waals surface area contributed by atoms with Crippen molar-refractivity contribution in [2.45, 2.75) is 13.8 Å². The van der Waals surface area contributed by atoms with Crippen molar-refractivity contribution in [1.29, 1.82) is 0 Å². The number of H-pyrrole nitrogens is 2. The van der Waals surface area contributed by atoms with Crippen molar-refractivity contribution < 1.29 is 28.9 Å². The minimum absolute atomic E-state index is 0.198. The number of aromatic amines is 2. The summed E-state index contributed by atoms with van der Waals surface area (Å²) in [5, 5.41) is 10.8. The van der Waals surface area contributed by atoms with Gasteiger partial charge in [0.25, 0.3) is 0 Å². The lowest BCUT2D eigenvalue weighted by atomic mass is 10.1. The number of rotatable bonds is 6. The fraction of sp³-hybridized carbons (Fsp3) is 0.217. The third-order valence-corrected chi connectivity index (χ3v) is 4.54. The molecule has 0 unspecified atom stereocenters. The van der Waals surface area contributed by atoms with Gasteiger partial charge in [0.1, 0.15) is 22.6 Å². The Bertz CT molecular complexity index is 1210. The third-order valence-electron chi connectivity index (χ3n) is 4.54. The van der Waals surface area contributed by atoms with E-state index < -0.39 is 5.97 Å². The van der Waals surface area contributed by atoms with Crippen molar-refractivity contribution in [2.75, 3.05) is 20.3 Å². The Balaban J connectivity index is 0.000000176. The second-order valence-electron chi connectivity index (χ2n) is 6.49. The molecule has 0 saturated heterocycles. The fourth-order valence-corrected chi connectivity index (χ4v) is 3.15. The summed E-state index contributed by atoms with van der Waals surface area (Å²) in [6.45, 7) is 4.66. The highest BCUT2D eigenvalue weighted by Crippen LogP contribution is 2.26. The summed E-state index contributed by atoms with van der Waals surface area (Å²) in [4.78, 5) is 28.6. The Morgan fingerprint density at radius 1 is 0.839 bits per heavy atom. The highest BCUT2D eigenvalue weighted by molar-refractivity contribution is 5.98. The van der Waals surface area contributed by atoms with Crippen LogP contribution in [0.3, 0.4) is 0 Å². The Labute approximate surface area is 178 Å². The number of fused-ring (bicyclic) bond motifs is 2. The molecule has 0 aliphatic rings. The van der Waals surface area contributed by atoms with E-state index in [4.69, 9.17) is 19.3 Å². The maximum Gasteiger partial charge on any atom is 0.341 e. The SMILES string of the molecule is CCOc1cc2[nH]ccc2cc1C(=O)O.CCOc1cc2[nH]ccc2cc1C(=O)OC. The molecule has 4 aromatic rings. The number of methoxy groups -OCH3 is 1. The lowest BCUT2D eigenvalue weighted by Crippen LogP contribution is -2.05. The van der Waals surface area contributed by atoms with E-state index in [2.05, 4.69) is 9.97 Å². The van der Waals surface area contributed by atoms with E-state index in [1.165, 1.54) is 7.11 Å². The van der Waals surface area contributed by atoms with Gasteiger partial charge < -0.3 is 29.3 Å². The average molecular weight is 424 g/mol. The molecule has 0 aliphatic heterocycles. The molecule has 8 nitrogen and oxygen atoms in total. The summed E-state index contributed by atoms with van der Waals surface area (Å²) in [5.74, 6) is -0.405. The summed E-state index contributed by atoms with van der Waals surface area (Å²) in [6, 6.07) is 10.6. The van der Waals surface area contributed by atoms with Crippen molar-refractivity contribution in [3.05, 3.63) is 59.9 Å². The Morgan fingerprint density at radius 2 is 1.32 bits per heavy atom. The fourth-order valence-electron chi connectivity index (χ4n) is 3.15. The molecule has 4 rings (SSSR count). The Morgan fingerprint density at radius 3 is 1.77 bits per heavy atom. The number of carbonyl (C=O) groups is 2. The topological polar surface area (TPSA) is 114 Å². The number of aromatic nitrogens is 2. The first-order valence-corrected chi connectivity index (χ1v) is 9.77. The molecule has 8 heteroatoms. The predicted octanol–water partition coefficient (Wildman–Crippen LogP) is 4.62. The molecule has 0 radical (unpaired) electrons. The monoisotopic (exact) mass is 424 g/mol. The lowest BCUT2D eigenvalue weighted by Gasteiger charge is -2.08. The molecule has 0 fully saturated rings. The van der Waals surface area contributed by atoms with Crippen molar-refractivity contribution in [3.8, 4) is 11.5 Å². The molecule has 0 bridgehead atoms. The quantitative estimate of drug-likeness (QED) is 0.389. The van der Waals surface area contributed by atoms with E-state index in [1.807, 2.05) is 38.2 Å². The summed E-state index contributed by atoms with van der Waals surface area (Å²) in [5.41, 5.74) is 2.47. The van der Waals surface area contributed by atoms with Gasteiger partial charge in [-0.15, -0.1) is 0 Å². The molecule has 0 amide bonds. The average Bonchev–Trinajstić information content (AvgIpc) is 3.41. The van der Waals surface area contributed by atoms with Gasteiger partial charge in [0.05, 0.1) is 20.3 Å². The van der Waals surface area contributed by atoms with Crippen LogP contribution in [0.25, 0.3) is 21.8 Å². The van der Waals surface area contributed by atoms with Gasteiger partial charge in [-0.1, -0.05) is 0 Å². The second kappa shape index (κ2) is 9.71. The van der Waals surface area contributed by atoms with Crippen molar-refractivity contribution >= 4 is 33.7 Å². The minimum Gasteiger partial charge on any atom is -0.493 e. The van der Waals surface area contributed by atoms with Gasteiger partial charge in [0.15, 0.2) is 0 Å². The van der Waals surface area contributed by atoms with Crippen molar-refractivity contribution in [3.63, 3.8) is 0 Å². The van der Waals surface area contributed by atoms with E-state index in [0.717, 1.165) is 21.8 Å². The van der Waals surface area contributed by atoms with Gasteiger partial charge in [-0.2, -0.15) is 0 Å². The lowest BCUT2D eigenvalue weighted by molar-refractivity contribution is 0.0595. The zero-order chi connectivity index (χ0) is 22.4. The van der Waals surface area contributed by atoms with Crippen LogP contribution in [0, 0.1) is 0 Å². The third kappa shape index (κ3) is 4.80. The van der Waals surface area contributed by atoms with Crippen LogP contribution >= 0.6 is 0 Å². The standard InChI is InChI=1S/C12H13NO3.C11H11NO3/c1-3-16-11-7-10-8(4-5-13-10)6-9(11)12(14)15-2;1-2-15-10-6-9-7(3-4-12-9)5-8(10)11(13)14/h4-7,13H,3H2,1-2H3;3-6,12H,2H2,1H3,(H,13,14).